The largest absolute Gasteiger partial charge is 0.345 e. The first-order valence-corrected chi connectivity index (χ1v) is 9.98. The summed E-state index contributed by atoms with van der Waals surface area (Å²) in [4.78, 5) is 12.7. The zero-order valence-corrected chi connectivity index (χ0v) is 15.0. The monoisotopic (exact) mass is 358 g/mol. The van der Waals surface area contributed by atoms with Crippen molar-refractivity contribution in [1.29, 1.82) is 0 Å². The molecule has 0 saturated heterocycles. The van der Waals surface area contributed by atoms with E-state index in [-0.39, 0.29) is 16.8 Å². The van der Waals surface area contributed by atoms with Crippen LogP contribution in [-0.2, 0) is 16.4 Å². The maximum absolute atomic E-state index is 12.6. The Bertz CT molecular complexity index is 878. The number of nitrogens with one attached hydrogen (secondary N) is 2. The second kappa shape index (κ2) is 7.37. The molecular formula is C19H22N2O3S. The van der Waals surface area contributed by atoms with Crippen molar-refractivity contribution in [1.82, 2.24) is 10.0 Å². The highest BCUT2D eigenvalue weighted by atomic mass is 32.2. The molecule has 1 aliphatic carbocycles. The molecular weight excluding hydrogens is 336 g/mol. The number of rotatable bonds is 5. The zero-order valence-electron chi connectivity index (χ0n) is 14.2. The van der Waals surface area contributed by atoms with Gasteiger partial charge in [0, 0.05) is 12.1 Å². The highest BCUT2D eigenvalue weighted by Crippen LogP contribution is 2.29. The van der Waals surface area contributed by atoms with E-state index >= 15 is 0 Å². The minimum Gasteiger partial charge on any atom is -0.345 e. The molecule has 6 heteroatoms. The zero-order chi connectivity index (χ0) is 17.9. The Kier molecular flexibility index (Phi) is 5.20. The number of hydrogen-bond donors (Lipinski definition) is 2. The van der Waals surface area contributed by atoms with E-state index in [0.29, 0.717) is 12.1 Å². The average molecular weight is 358 g/mol. The molecule has 25 heavy (non-hydrogen) atoms. The Balaban J connectivity index is 1.81. The predicted octanol–water partition coefficient (Wildman–Crippen LogP) is 2.79. The number of aryl methyl sites for hydroxylation is 1. The molecule has 2 N–H and O–H groups in total. The Labute approximate surface area is 148 Å². The molecule has 1 atom stereocenters. The summed E-state index contributed by atoms with van der Waals surface area (Å²) < 4.78 is 26.7. The summed E-state index contributed by atoms with van der Waals surface area (Å²) in [7, 11) is -3.58. The first-order chi connectivity index (χ1) is 12.0. The van der Waals surface area contributed by atoms with Gasteiger partial charge < -0.3 is 5.32 Å². The van der Waals surface area contributed by atoms with Crippen molar-refractivity contribution < 1.29 is 13.2 Å². The number of amides is 1. The molecule has 0 spiro atoms. The molecule has 1 unspecified atom stereocenters. The normalized spacial score (nSPS) is 16.9. The van der Waals surface area contributed by atoms with Crippen molar-refractivity contribution >= 4 is 15.9 Å². The minimum absolute atomic E-state index is 0.0357. The van der Waals surface area contributed by atoms with Gasteiger partial charge in [-0.05, 0) is 48.6 Å². The number of benzene rings is 2. The second-order valence-electron chi connectivity index (χ2n) is 6.15. The summed E-state index contributed by atoms with van der Waals surface area (Å²) in [5.41, 5.74) is 2.77. The molecule has 0 bridgehead atoms. The molecule has 0 aromatic heterocycles. The molecule has 2 aromatic rings. The summed E-state index contributed by atoms with van der Waals surface area (Å²) in [6, 6.07) is 14.2. The predicted molar refractivity (Wildman–Crippen MR) is 96.9 cm³/mol. The number of carbonyl (C=O) groups excluding carboxylic acids is 1. The third-order valence-corrected chi connectivity index (χ3v) is 5.96. The standard InChI is InChI=1S/C19H22N2O3S/c1-2-20-25(23,24)16-10-5-9-15(13-16)19(22)21-18-12-6-8-14-7-3-4-11-17(14)18/h3-5,7,9-11,13,18,20H,2,6,8,12H2,1H3,(H,21,22). The number of carbonyl (C=O) groups is 1. The Morgan fingerprint density at radius 3 is 2.76 bits per heavy atom. The van der Waals surface area contributed by atoms with Crippen molar-refractivity contribution in [3.63, 3.8) is 0 Å². The van der Waals surface area contributed by atoms with Crippen LogP contribution in [0.25, 0.3) is 0 Å². The lowest BCUT2D eigenvalue weighted by atomic mass is 9.87. The number of fused-ring (bicyclic) bond motifs is 1. The van der Waals surface area contributed by atoms with E-state index in [1.807, 2.05) is 18.2 Å². The Morgan fingerprint density at radius 1 is 1.16 bits per heavy atom. The fourth-order valence-corrected chi connectivity index (χ4v) is 4.31. The summed E-state index contributed by atoms with van der Waals surface area (Å²) in [5, 5.41) is 3.05. The maximum Gasteiger partial charge on any atom is 0.251 e. The summed E-state index contributed by atoms with van der Waals surface area (Å²) in [5.74, 6) is -0.254. The van der Waals surface area contributed by atoms with Gasteiger partial charge in [-0.1, -0.05) is 37.3 Å². The van der Waals surface area contributed by atoms with Gasteiger partial charge in [-0.15, -0.1) is 0 Å². The molecule has 0 aliphatic heterocycles. The third-order valence-electron chi connectivity index (χ3n) is 4.42. The van der Waals surface area contributed by atoms with Crippen LogP contribution in [0.1, 0.15) is 47.3 Å². The van der Waals surface area contributed by atoms with Gasteiger partial charge in [0.25, 0.3) is 5.91 Å². The molecule has 0 fully saturated rings. The van der Waals surface area contributed by atoms with E-state index in [4.69, 9.17) is 0 Å². The molecule has 2 aromatic carbocycles. The fraction of sp³-hybridized carbons (Fsp3) is 0.316. The number of sulfonamides is 1. The Morgan fingerprint density at radius 2 is 1.96 bits per heavy atom. The van der Waals surface area contributed by atoms with Crippen LogP contribution in [0.5, 0.6) is 0 Å². The van der Waals surface area contributed by atoms with Gasteiger partial charge in [-0.25, -0.2) is 13.1 Å². The van der Waals surface area contributed by atoms with Crippen LogP contribution in [0, 0.1) is 0 Å². The van der Waals surface area contributed by atoms with Crippen molar-refractivity contribution in [2.75, 3.05) is 6.54 Å². The SMILES string of the molecule is CCNS(=O)(=O)c1cccc(C(=O)NC2CCCc3ccccc32)c1. The van der Waals surface area contributed by atoms with Gasteiger partial charge in [-0.2, -0.15) is 0 Å². The van der Waals surface area contributed by atoms with Gasteiger partial charge in [-0.3, -0.25) is 4.79 Å². The van der Waals surface area contributed by atoms with Crippen molar-refractivity contribution in [3.8, 4) is 0 Å². The maximum atomic E-state index is 12.6. The quantitative estimate of drug-likeness (QED) is 0.863. The molecule has 0 saturated carbocycles. The van der Waals surface area contributed by atoms with Crippen LogP contribution in [0.3, 0.4) is 0 Å². The van der Waals surface area contributed by atoms with E-state index in [2.05, 4.69) is 16.1 Å². The highest BCUT2D eigenvalue weighted by Gasteiger charge is 2.22. The lowest BCUT2D eigenvalue weighted by Crippen LogP contribution is -2.31. The highest BCUT2D eigenvalue weighted by molar-refractivity contribution is 7.89. The molecule has 3 rings (SSSR count). The van der Waals surface area contributed by atoms with E-state index in [1.165, 1.54) is 17.7 Å². The van der Waals surface area contributed by atoms with E-state index in [9.17, 15) is 13.2 Å². The smallest absolute Gasteiger partial charge is 0.251 e. The van der Waals surface area contributed by atoms with E-state index in [1.54, 1.807) is 19.1 Å². The minimum atomic E-state index is -3.58. The van der Waals surface area contributed by atoms with Gasteiger partial charge >= 0.3 is 0 Å². The van der Waals surface area contributed by atoms with E-state index in [0.717, 1.165) is 24.8 Å². The van der Waals surface area contributed by atoms with E-state index < -0.39 is 10.0 Å². The van der Waals surface area contributed by atoms with Gasteiger partial charge in [0.1, 0.15) is 0 Å². The van der Waals surface area contributed by atoms with Gasteiger partial charge in [0.05, 0.1) is 10.9 Å². The summed E-state index contributed by atoms with van der Waals surface area (Å²) in [6.07, 6.45) is 2.94. The lowest BCUT2D eigenvalue weighted by Gasteiger charge is -2.26. The third kappa shape index (κ3) is 3.91. The molecule has 132 valence electrons. The summed E-state index contributed by atoms with van der Waals surface area (Å²) in [6.45, 7) is 2.02. The Hall–Kier alpha value is -2.18. The van der Waals surface area contributed by atoms with Gasteiger partial charge in [0.2, 0.25) is 10.0 Å². The molecule has 1 amide bonds. The van der Waals surface area contributed by atoms with Crippen LogP contribution in [0.15, 0.2) is 53.4 Å². The van der Waals surface area contributed by atoms with Gasteiger partial charge in [0.15, 0.2) is 0 Å². The van der Waals surface area contributed by atoms with Crippen molar-refractivity contribution in [2.45, 2.75) is 37.1 Å². The van der Waals surface area contributed by atoms with Crippen molar-refractivity contribution in [3.05, 3.63) is 65.2 Å². The van der Waals surface area contributed by atoms with Crippen LogP contribution in [0.2, 0.25) is 0 Å². The molecule has 0 heterocycles. The second-order valence-corrected chi connectivity index (χ2v) is 7.91. The molecule has 0 radical (unpaired) electrons. The first kappa shape index (κ1) is 17.6. The van der Waals surface area contributed by atoms with Crippen LogP contribution >= 0.6 is 0 Å². The topological polar surface area (TPSA) is 75.3 Å². The van der Waals surface area contributed by atoms with Crippen LogP contribution in [-0.4, -0.2) is 20.9 Å². The average Bonchev–Trinajstić information content (AvgIpc) is 2.62. The lowest BCUT2D eigenvalue weighted by molar-refractivity contribution is 0.0932. The number of hydrogen-bond acceptors (Lipinski definition) is 3. The molecule has 5 nitrogen and oxygen atoms in total. The first-order valence-electron chi connectivity index (χ1n) is 8.49. The molecule has 1 aliphatic rings. The summed E-state index contributed by atoms with van der Waals surface area (Å²) >= 11 is 0. The van der Waals surface area contributed by atoms with Crippen LogP contribution < -0.4 is 10.0 Å². The van der Waals surface area contributed by atoms with Crippen LogP contribution in [0.4, 0.5) is 0 Å². The fourth-order valence-electron chi connectivity index (χ4n) is 3.22. The van der Waals surface area contributed by atoms with Crippen molar-refractivity contribution in [2.24, 2.45) is 0 Å².